The summed E-state index contributed by atoms with van der Waals surface area (Å²) in [5.41, 5.74) is 8.22. The van der Waals surface area contributed by atoms with Gasteiger partial charge in [0.2, 0.25) is 10.0 Å². The maximum Gasteiger partial charge on any atom is 0.242 e. The van der Waals surface area contributed by atoms with Gasteiger partial charge in [0.05, 0.1) is 5.69 Å². The monoisotopic (exact) mass is 290 g/mol. The molecule has 2 aromatic carbocycles. The fourth-order valence-electron chi connectivity index (χ4n) is 2.00. The third-order valence-electron chi connectivity index (χ3n) is 3.00. The van der Waals surface area contributed by atoms with Crippen LogP contribution in [-0.2, 0) is 16.4 Å². The number of anilines is 1. The predicted octanol–water partition coefficient (Wildman–Crippen LogP) is 2.10. The zero-order chi connectivity index (χ0) is 14.6. The van der Waals surface area contributed by atoms with Crippen molar-refractivity contribution in [2.75, 3.05) is 12.3 Å². The molecule has 20 heavy (non-hydrogen) atoms. The maximum atomic E-state index is 12.1. The van der Waals surface area contributed by atoms with E-state index in [1.807, 2.05) is 31.2 Å². The first kappa shape index (κ1) is 14.6. The molecule has 0 amide bonds. The molecule has 0 saturated heterocycles. The third kappa shape index (κ3) is 3.59. The minimum absolute atomic E-state index is 0.129. The summed E-state index contributed by atoms with van der Waals surface area (Å²) in [6, 6.07) is 14.5. The summed E-state index contributed by atoms with van der Waals surface area (Å²) in [6.45, 7) is 2.36. The van der Waals surface area contributed by atoms with E-state index in [9.17, 15) is 8.42 Å². The van der Waals surface area contributed by atoms with Crippen LogP contribution >= 0.6 is 0 Å². The van der Waals surface area contributed by atoms with Crippen LogP contribution in [0, 0.1) is 6.92 Å². The SMILES string of the molecule is Cc1cccc(CCNS(=O)(=O)c2ccccc2N)c1. The first-order chi connectivity index (χ1) is 9.49. The Morgan fingerprint density at radius 3 is 2.55 bits per heavy atom. The lowest BCUT2D eigenvalue weighted by Crippen LogP contribution is -2.26. The number of benzene rings is 2. The van der Waals surface area contributed by atoms with Crippen molar-refractivity contribution >= 4 is 15.7 Å². The molecule has 0 spiro atoms. The highest BCUT2D eigenvalue weighted by Crippen LogP contribution is 2.16. The Morgan fingerprint density at radius 1 is 1.10 bits per heavy atom. The van der Waals surface area contributed by atoms with E-state index in [0.717, 1.165) is 11.1 Å². The summed E-state index contributed by atoms with van der Waals surface area (Å²) in [6.07, 6.45) is 0.646. The number of sulfonamides is 1. The Labute approximate surface area is 119 Å². The fourth-order valence-corrected chi connectivity index (χ4v) is 3.16. The second-order valence-corrected chi connectivity index (χ2v) is 6.41. The lowest BCUT2D eigenvalue weighted by molar-refractivity contribution is 0.582. The zero-order valence-corrected chi connectivity index (χ0v) is 12.2. The molecule has 0 bridgehead atoms. The van der Waals surface area contributed by atoms with Gasteiger partial charge in [-0.15, -0.1) is 0 Å². The summed E-state index contributed by atoms with van der Waals surface area (Å²) in [5, 5.41) is 0. The summed E-state index contributed by atoms with van der Waals surface area (Å²) in [7, 11) is -3.55. The van der Waals surface area contributed by atoms with Gasteiger partial charge in [0.15, 0.2) is 0 Å². The van der Waals surface area contributed by atoms with Gasteiger partial charge in [-0.3, -0.25) is 0 Å². The fraction of sp³-hybridized carbons (Fsp3) is 0.200. The molecule has 4 nitrogen and oxygen atoms in total. The van der Waals surface area contributed by atoms with Crippen molar-refractivity contribution in [3.63, 3.8) is 0 Å². The van der Waals surface area contributed by atoms with Crippen molar-refractivity contribution in [2.24, 2.45) is 0 Å². The van der Waals surface area contributed by atoms with Gasteiger partial charge in [-0.05, 0) is 31.0 Å². The van der Waals surface area contributed by atoms with Crippen LogP contribution < -0.4 is 10.5 Å². The number of aryl methyl sites for hydroxylation is 1. The Bertz CT molecular complexity index is 697. The van der Waals surface area contributed by atoms with Crippen molar-refractivity contribution in [1.82, 2.24) is 4.72 Å². The highest BCUT2D eigenvalue weighted by molar-refractivity contribution is 7.89. The van der Waals surface area contributed by atoms with Gasteiger partial charge in [0, 0.05) is 6.54 Å². The first-order valence-corrected chi connectivity index (χ1v) is 7.87. The molecule has 5 heteroatoms. The molecular weight excluding hydrogens is 272 g/mol. The molecule has 0 aliphatic heterocycles. The van der Waals surface area contributed by atoms with Crippen LogP contribution in [0.25, 0.3) is 0 Å². The van der Waals surface area contributed by atoms with Crippen LogP contribution in [-0.4, -0.2) is 15.0 Å². The number of nitrogen functional groups attached to an aromatic ring is 1. The van der Waals surface area contributed by atoms with Gasteiger partial charge >= 0.3 is 0 Å². The lowest BCUT2D eigenvalue weighted by Gasteiger charge is -2.09. The molecule has 0 aliphatic carbocycles. The van der Waals surface area contributed by atoms with Crippen LogP contribution in [0.2, 0.25) is 0 Å². The van der Waals surface area contributed by atoms with Gasteiger partial charge < -0.3 is 5.73 Å². The molecule has 0 aliphatic rings. The van der Waals surface area contributed by atoms with E-state index < -0.39 is 10.0 Å². The first-order valence-electron chi connectivity index (χ1n) is 6.39. The molecule has 3 N–H and O–H groups in total. The lowest BCUT2D eigenvalue weighted by atomic mass is 10.1. The number of nitrogens with one attached hydrogen (secondary N) is 1. The predicted molar refractivity (Wildman–Crippen MR) is 80.9 cm³/mol. The van der Waals surface area contributed by atoms with E-state index in [4.69, 9.17) is 5.73 Å². The highest BCUT2D eigenvalue weighted by Gasteiger charge is 2.15. The van der Waals surface area contributed by atoms with Gasteiger partial charge in [-0.2, -0.15) is 0 Å². The molecule has 0 atom stereocenters. The molecule has 0 fully saturated rings. The highest BCUT2D eigenvalue weighted by atomic mass is 32.2. The van der Waals surface area contributed by atoms with Crippen LogP contribution in [0.1, 0.15) is 11.1 Å². The van der Waals surface area contributed by atoms with E-state index in [2.05, 4.69) is 4.72 Å². The minimum atomic E-state index is -3.55. The summed E-state index contributed by atoms with van der Waals surface area (Å²) in [5.74, 6) is 0. The average molecular weight is 290 g/mol. The summed E-state index contributed by atoms with van der Waals surface area (Å²) in [4.78, 5) is 0.129. The Morgan fingerprint density at radius 2 is 1.85 bits per heavy atom. The smallest absolute Gasteiger partial charge is 0.242 e. The number of nitrogens with two attached hydrogens (primary N) is 1. The molecule has 0 aromatic heterocycles. The van der Waals surface area contributed by atoms with Gasteiger partial charge in [-0.25, -0.2) is 13.1 Å². The molecule has 0 heterocycles. The van der Waals surface area contributed by atoms with Crippen LogP contribution in [0.5, 0.6) is 0 Å². The van der Waals surface area contributed by atoms with Crippen LogP contribution in [0.15, 0.2) is 53.4 Å². The largest absolute Gasteiger partial charge is 0.398 e. The van der Waals surface area contributed by atoms with Crippen molar-refractivity contribution in [1.29, 1.82) is 0 Å². The molecule has 2 aromatic rings. The zero-order valence-electron chi connectivity index (χ0n) is 11.3. The van der Waals surface area contributed by atoms with Gasteiger partial charge in [-0.1, -0.05) is 42.0 Å². The molecule has 0 saturated carbocycles. The minimum Gasteiger partial charge on any atom is -0.398 e. The van der Waals surface area contributed by atoms with Crippen molar-refractivity contribution in [3.05, 3.63) is 59.7 Å². The standard InChI is InChI=1S/C15H18N2O2S/c1-12-5-4-6-13(11-12)9-10-17-20(18,19)15-8-3-2-7-14(15)16/h2-8,11,17H,9-10,16H2,1H3. The van der Waals surface area contributed by atoms with E-state index in [1.54, 1.807) is 18.2 Å². The van der Waals surface area contributed by atoms with Crippen molar-refractivity contribution in [2.45, 2.75) is 18.2 Å². The molecular formula is C15H18N2O2S. The van der Waals surface area contributed by atoms with Crippen LogP contribution in [0.4, 0.5) is 5.69 Å². The quantitative estimate of drug-likeness (QED) is 0.828. The second kappa shape index (κ2) is 6.07. The number of rotatable bonds is 5. The van der Waals surface area contributed by atoms with E-state index in [1.165, 1.54) is 6.07 Å². The topological polar surface area (TPSA) is 72.2 Å². The third-order valence-corrected chi connectivity index (χ3v) is 4.53. The molecule has 106 valence electrons. The second-order valence-electron chi connectivity index (χ2n) is 4.67. The molecule has 0 unspecified atom stereocenters. The van der Waals surface area contributed by atoms with E-state index in [-0.39, 0.29) is 10.6 Å². The van der Waals surface area contributed by atoms with Gasteiger partial charge in [0.1, 0.15) is 4.90 Å². The van der Waals surface area contributed by atoms with Crippen molar-refractivity contribution in [3.8, 4) is 0 Å². The van der Waals surface area contributed by atoms with Gasteiger partial charge in [0.25, 0.3) is 0 Å². The van der Waals surface area contributed by atoms with E-state index in [0.29, 0.717) is 13.0 Å². The summed E-state index contributed by atoms with van der Waals surface area (Å²) >= 11 is 0. The maximum absolute atomic E-state index is 12.1. The Kier molecular flexibility index (Phi) is 4.42. The summed E-state index contributed by atoms with van der Waals surface area (Å²) < 4.78 is 26.8. The van der Waals surface area contributed by atoms with Crippen LogP contribution in [0.3, 0.4) is 0 Å². The average Bonchev–Trinajstić information content (AvgIpc) is 2.39. The molecule has 2 rings (SSSR count). The Balaban J connectivity index is 2.02. The van der Waals surface area contributed by atoms with E-state index >= 15 is 0 Å². The number of para-hydroxylation sites is 1. The molecule has 0 radical (unpaired) electrons. The number of hydrogen-bond donors (Lipinski definition) is 2. The number of hydrogen-bond acceptors (Lipinski definition) is 3. The normalized spacial score (nSPS) is 11.4. The van der Waals surface area contributed by atoms with Crippen molar-refractivity contribution < 1.29 is 8.42 Å². The Hall–Kier alpha value is -1.85.